The number of halogens is 1. The molecule has 24 nitrogen and oxygen atoms in total. The SMILES string of the molecule is CC(=O)OC(C)=O.CC(=O)[O-].CCO/C=C(/C(C)=O)C(=O)OCC.CCOC(=O)CC(C)=O.CCOC(=O)c1cnoc1C.CCOC(OCC)OCC.Cc1oncc1C=O.Cl.NO.[Na+]. The third-order valence-electron chi connectivity index (χ3n) is 5.30. The summed E-state index contributed by atoms with van der Waals surface area (Å²) in [5.74, 6) is 0.378. The summed E-state index contributed by atoms with van der Waals surface area (Å²) in [5.41, 5.74) is 0.862. The van der Waals surface area contributed by atoms with E-state index in [9.17, 15) is 38.4 Å². The van der Waals surface area contributed by atoms with Gasteiger partial charge in [0.1, 0.15) is 41.1 Å². The van der Waals surface area contributed by atoms with Crippen LogP contribution in [0.5, 0.6) is 0 Å². The van der Waals surface area contributed by atoms with Gasteiger partial charge in [-0.05, 0) is 83.1 Å². The van der Waals surface area contributed by atoms with Gasteiger partial charge in [-0.25, -0.2) is 15.5 Å². The maximum absolute atomic E-state index is 11.1. The van der Waals surface area contributed by atoms with Crippen molar-refractivity contribution in [3.8, 4) is 0 Å². The summed E-state index contributed by atoms with van der Waals surface area (Å²) in [7, 11) is 0. The third-order valence-corrected chi connectivity index (χ3v) is 5.30. The molecule has 0 aromatic carbocycles. The number of hydrogen-bond donors (Lipinski definition) is 2. The van der Waals surface area contributed by atoms with Gasteiger partial charge >= 0.3 is 59.4 Å². The largest absolute Gasteiger partial charge is 1.00 e. The first-order valence-electron chi connectivity index (χ1n) is 19.2. The Bertz CT molecular complexity index is 1590. The fraction of sp³-hybridized carbons (Fsp3) is 0.575. The predicted octanol–water partition coefficient (Wildman–Crippen LogP) is 0.535. The number of Topliss-reactive ketones (excluding diaryl/α,β-unsaturated/α-hetero) is 2. The van der Waals surface area contributed by atoms with E-state index >= 15 is 0 Å². The van der Waals surface area contributed by atoms with E-state index in [2.05, 4.69) is 39.5 Å². The van der Waals surface area contributed by atoms with Crippen molar-refractivity contribution in [3.63, 3.8) is 0 Å². The molecule has 0 radical (unpaired) electrons. The van der Waals surface area contributed by atoms with Crippen LogP contribution in [-0.4, -0.2) is 122 Å². The van der Waals surface area contributed by atoms with E-state index < -0.39 is 36.3 Å². The molecule has 0 atom stereocenters. The molecular weight excluding hydrogens is 917 g/mol. The van der Waals surface area contributed by atoms with Crippen LogP contribution in [0.2, 0.25) is 0 Å². The van der Waals surface area contributed by atoms with Gasteiger partial charge in [-0.1, -0.05) is 10.3 Å². The zero-order valence-electron chi connectivity index (χ0n) is 40.5. The molecule has 2 rings (SSSR count). The number of rotatable bonds is 17. The second-order valence-corrected chi connectivity index (χ2v) is 10.7. The van der Waals surface area contributed by atoms with Crippen molar-refractivity contribution in [1.29, 1.82) is 0 Å². The quantitative estimate of drug-likeness (QED) is 0.0209. The predicted molar refractivity (Wildman–Crippen MR) is 228 cm³/mol. The molecule has 26 heteroatoms. The van der Waals surface area contributed by atoms with Gasteiger partial charge in [0.25, 0.3) is 6.48 Å². The van der Waals surface area contributed by atoms with Gasteiger partial charge in [-0.15, -0.1) is 12.4 Å². The molecule has 0 fully saturated rings. The van der Waals surface area contributed by atoms with E-state index in [0.717, 1.165) is 13.2 Å². The van der Waals surface area contributed by atoms with Crippen molar-refractivity contribution in [1.82, 2.24) is 10.3 Å². The first-order chi connectivity index (χ1) is 30.1. The molecule has 0 saturated carbocycles. The van der Waals surface area contributed by atoms with E-state index in [1.165, 1.54) is 40.1 Å². The first kappa shape index (κ1) is 78.3. The minimum Gasteiger partial charge on any atom is -0.550 e. The minimum atomic E-state index is -1.08. The number of hydrogen-bond acceptors (Lipinski definition) is 24. The normalized spacial score (nSPS) is 8.95. The standard InChI is InChI=1S/C9H14O4.C7H9NO3.C7H16O3.C6H10O3.C5H5NO2.C4H6O3.C2H4O2.ClH.H3NO.Na/c1-4-12-6-8(7(3)10)9(11)13-5-2;1-3-10-7(9)6-4-8-11-5(6)2;1-4-8-7(9-5-2)10-6-3;1-3-9-6(8)4-5(2)7;1-4-5(3-7)2-6-8-4;1-3(5)7-4(2)6;1-2(3)4;;1-2;/h6H,4-5H2,1-3H3;4H,3H2,1-2H3;7H,4-6H2,1-3H3;3-4H2,1-2H3;2-3H,1H3;1-2H3;1H3,(H,3,4);1H;2H,1H2;/q;;;;;;;;;+1/p-1/b8-6-;;;;;;;;;. The summed E-state index contributed by atoms with van der Waals surface area (Å²) in [4.78, 5) is 92.2. The van der Waals surface area contributed by atoms with Crippen LogP contribution >= 0.6 is 12.4 Å². The molecule has 2 heterocycles. The number of carboxylic acid groups (broad SMARTS) is 1. The van der Waals surface area contributed by atoms with Crippen LogP contribution < -0.4 is 40.6 Å². The number of ketones is 2. The van der Waals surface area contributed by atoms with E-state index in [0.29, 0.717) is 68.6 Å². The van der Waals surface area contributed by atoms with Gasteiger partial charge < -0.3 is 62.0 Å². The Morgan fingerprint density at radius 1 is 0.697 bits per heavy atom. The van der Waals surface area contributed by atoms with E-state index in [-0.39, 0.29) is 78.1 Å². The second kappa shape index (κ2) is 56.2. The Morgan fingerprint density at radius 3 is 1.38 bits per heavy atom. The molecule has 0 saturated heterocycles. The average molecular weight is 984 g/mol. The maximum atomic E-state index is 11.1. The Kier molecular flexibility index (Phi) is 66.6. The van der Waals surface area contributed by atoms with Crippen molar-refractivity contribution in [3.05, 3.63) is 46.9 Å². The maximum Gasteiger partial charge on any atom is 1.00 e. The van der Waals surface area contributed by atoms with Gasteiger partial charge in [0.15, 0.2) is 12.1 Å². The number of aliphatic carboxylic acids is 1. The van der Waals surface area contributed by atoms with Crippen molar-refractivity contribution in [2.75, 3.05) is 46.2 Å². The Hall–Kier alpha value is -4.92. The number of aldehydes is 1. The molecule has 2 aromatic heterocycles. The van der Waals surface area contributed by atoms with Gasteiger partial charge in [-0.3, -0.25) is 28.8 Å². The van der Waals surface area contributed by atoms with Crippen molar-refractivity contribution in [2.24, 2.45) is 5.90 Å². The molecule has 376 valence electrons. The summed E-state index contributed by atoms with van der Waals surface area (Å²) in [6.07, 6.45) is 4.50. The number of aromatic nitrogens is 2. The summed E-state index contributed by atoms with van der Waals surface area (Å²) in [6, 6.07) is 0. The summed E-state index contributed by atoms with van der Waals surface area (Å²) in [6.45, 7) is 24.7. The fourth-order valence-electron chi connectivity index (χ4n) is 2.94. The monoisotopic (exact) mass is 983 g/mol. The van der Waals surface area contributed by atoms with Crippen LogP contribution in [0.3, 0.4) is 0 Å². The van der Waals surface area contributed by atoms with E-state index in [1.54, 1.807) is 41.5 Å². The summed E-state index contributed by atoms with van der Waals surface area (Å²) in [5, 5.41) is 22.2. The number of nitrogens with two attached hydrogens (primary N) is 1. The zero-order chi connectivity index (χ0) is 51.1. The molecule has 0 aliphatic rings. The number of carbonyl (C=O) groups is 9. The Morgan fingerprint density at radius 2 is 1.12 bits per heavy atom. The summed E-state index contributed by atoms with van der Waals surface area (Å²) < 4.78 is 47.2. The number of ether oxygens (including phenoxy) is 8. The van der Waals surface area contributed by atoms with Crippen molar-refractivity contribution >= 4 is 66.1 Å². The van der Waals surface area contributed by atoms with Crippen LogP contribution in [0.15, 0.2) is 33.3 Å². The third kappa shape index (κ3) is 57.1. The van der Waals surface area contributed by atoms with Crippen LogP contribution in [0, 0.1) is 13.8 Å². The number of aryl methyl sites for hydroxylation is 2. The average Bonchev–Trinajstić information content (AvgIpc) is 3.83. The fourth-order valence-corrected chi connectivity index (χ4v) is 2.94. The number of carboxylic acids is 1. The summed E-state index contributed by atoms with van der Waals surface area (Å²) >= 11 is 0. The smallest absolute Gasteiger partial charge is 0.550 e. The second-order valence-electron chi connectivity index (χ2n) is 10.7. The van der Waals surface area contributed by atoms with Gasteiger partial charge in [-0.2, -0.15) is 0 Å². The number of esters is 5. The molecule has 3 N–H and O–H groups in total. The van der Waals surface area contributed by atoms with Crippen LogP contribution in [0.1, 0.15) is 122 Å². The molecule has 66 heavy (non-hydrogen) atoms. The molecule has 0 amide bonds. The van der Waals surface area contributed by atoms with Crippen molar-refractivity contribution in [2.45, 2.75) is 110 Å². The molecule has 0 aliphatic heterocycles. The van der Waals surface area contributed by atoms with Crippen LogP contribution in [0.4, 0.5) is 0 Å². The van der Waals surface area contributed by atoms with Crippen LogP contribution in [0.25, 0.3) is 0 Å². The number of carbonyl (C=O) groups excluding carboxylic acids is 9. The van der Waals surface area contributed by atoms with E-state index in [4.69, 9.17) is 38.8 Å². The zero-order valence-corrected chi connectivity index (χ0v) is 43.4. The molecule has 2 aromatic rings. The van der Waals surface area contributed by atoms with Gasteiger partial charge in [0, 0.05) is 39.6 Å². The Balaban J connectivity index is -0.0000000997. The molecule has 0 aliphatic carbocycles. The number of nitrogens with zero attached hydrogens (tertiary/aromatic N) is 2. The van der Waals surface area contributed by atoms with Gasteiger partial charge in [0.2, 0.25) is 0 Å². The first-order valence-corrected chi connectivity index (χ1v) is 19.2. The molecule has 0 spiro atoms. The van der Waals surface area contributed by atoms with E-state index in [1.807, 2.05) is 20.8 Å². The Labute approximate surface area is 413 Å². The van der Waals surface area contributed by atoms with Crippen molar-refractivity contribution < 1.29 is 130 Å². The minimum absolute atomic E-state index is 0. The molecule has 0 unspecified atom stereocenters. The molecular formula is C40H67ClN3NaO21. The molecule has 0 bridgehead atoms. The van der Waals surface area contributed by atoms with Gasteiger partial charge in [0.05, 0.1) is 44.4 Å². The topological polar surface area (TPSA) is 349 Å². The van der Waals surface area contributed by atoms with Crippen LogP contribution in [-0.2, 0) is 71.5 Å².